The first-order chi connectivity index (χ1) is 8.08. The number of nitrogens with zero attached hydrogens (tertiary/aromatic N) is 3. The third-order valence-electron chi connectivity index (χ3n) is 2.29. The number of hydrogen-bond acceptors (Lipinski definition) is 5. The summed E-state index contributed by atoms with van der Waals surface area (Å²) in [5.74, 6) is 0.482. The monoisotopic (exact) mass is 257 g/mol. The van der Waals surface area contributed by atoms with Crippen LogP contribution in [-0.2, 0) is 4.79 Å². The highest BCUT2D eigenvalue weighted by molar-refractivity contribution is 6.32. The van der Waals surface area contributed by atoms with Gasteiger partial charge in [0.25, 0.3) is 0 Å². The fraction of sp³-hybridized carbons (Fsp3) is 0.500. The molecule has 1 aromatic rings. The molecule has 3 N–H and O–H groups in total. The Morgan fingerprint density at radius 3 is 2.76 bits per heavy atom. The highest BCUT2D eigenvalue weighted by Gasteiger charge is 2.10. The summed E-state index contributed by atoms with van der Waals surface area (Å²) in [7, 11) is 0. The van der Waals surface area contributed by atoms with E-state index in [0.717, 1.165) is 0 Å². The molecule has 1 aromatic heterocycles. The first kappa shape index (κ1) is 13.5. The molecule has 0 bridgehead atoms. The van der Waals surface area contributed by atoms with Crippen LogP contribution < -0.4 is 11.1 Å². The van der Waals surface area contributed by atoms with Crippen LogP contribution in [0.4, 0.5) is 11.8 Å². The predicted molar refractivity (Wildman–Crippen MR) is 67.9 cm³/mol. The van der Waals surface area contributed by atoms with Gasteiger partial charge >= 0.3 is 0 Å². The van der Waals surface area contributed by atoms with Crippen molar-refractivity contribution in [2.24, 2.45) is 0 Å². The lowest BCUT2D eigenvalue weighted by Crippen LogP contribution is -2.35. The second kappa shape index (κ2) is 6.24. The highest BCUT2D eigenvalue weighted by Crippen LogP contribution is 2.17. The lowest BCUT2D eigenvalue weighted by Gasteiger charge is -2.19. The summed E-state index contributed by atoms with van der Waals surface area (Å²) in [5.41, 5.74) is 5.43. The fourth-order valence-corrected chi connectivity index (χ4v) is 1.51. The van der Waals surface area contributed by atoms with Gasteiger partial charge in [-0.1, -0.05) is 11.6 Å². The molecule has 0 atom stereocenters. The maximum absolute atomic E-state index is 11.7. The van der Waals surface area contributed by atoms with E-state index in [2.05, 4.69) is 15.3 Å². The Balaban J connectivity index is 2.61. The molecule has 1 heterocycles. The number of carbonyl (C=O) groups is 1. The van der Waals surface area contributed by atoms with Crippen molar-refractivity contribution < 1.29 is 4.79 Å². The van der Waals surface area contributed by atoms with Crippen LogP contribution in [0, 0.1) is 0 Å². The minimum atomic E-state index is -0.0109. The normalized spacial score (nSPS) is 10.1. The summed E-state index contributed by atoms with van der Waals surface area (Å²) in [6.07, 6.45) is 1.40. The number of nitrogen functional groups attached to an aromatic ring is 1. The second-order valence-corrected chi connectivity index (χ2v) is 3.75. The lowest BCUT2D eigenvalue weighted by atomic mass is 10.4. The number of nitrogens with two attached hydrogens (primary N) is 1. The number of aromatic nitrogens is 2. The molecule has 0 aliphatic heterocycles. The first-order valence-corrected chi connectivity index (χ1v) is 5.75. The van der Waals surface area contributed by atoms with E-state index in [1.54, 1.807) is 4.90 Å². The largest absolute Gasteiger partial charge is 0.368 e. The van der Waals surface area contributed by atoms with Crippen molar-refractivity contribution in [3.8, 4) is 0 Å². The Morgan fingerprint density at radius 1 is 1.53 bits per heavy atom. The van der Waals surface area contributed by atoms with Crippen LogP contribution in [0.1, 0.15) is 13.8 Å². The number of anilines is 2. The minimum absolute atomic E-state index is 0.0109. The zero-order valence-corrected chi connectivity index (χ0v) is 10.7. The van der Waals surface area contributed by atoms with Crippen molar-refractivity contribution in [3.05, 3.63) is 11.2 Å². The third kappa shape index (κ3) is 3.74. The van der Waals surface area contributed by atoms with Crippen molar-refractivity contribution in [2.75, 3.05) is 30.7 Å². The Hall–Kier alpha value is -1.56. The van der Waals surface area contributed by atoms with Gasteiger partial charge in [-0.3, -0.25) is 4.79 Å². The van der Waals surface area contributed by atoms with E-state index in [1.165, 1.54) is 6.20 Å². The summed E-state index contributed by atoms with van der Waals surface area (Å²) in [6.45, 7) is 5.35. The quantitative estimate of drug-likeness (QED) is 0.822. The van der Waals surface area contributed by atoms with Crippen LogP contribution in [0.15, 0.2) is 6.20 Å². The molecule has 0 aliphatic carbocycles. The molecule has 0 saturated heterocycles. The van der Waals surface area contributed by atoms with E-state index in [-0.39, 0.29) is 18.4 Å². The number of likely N-dealkylation sites (N-methyl/N-ethyl adjacent to an activating group) is 1. The van der Waals surface area contributed by atoms with Crippen LogP contribution in [-0.4, -0.2) is 40.4 Å². The Bertz CT molecular complexity index is 394. The molecule has 1 amide bonds. The van der Waals surface area contributed by atoms with E-state index in [9.17, 15) is 4.79 Å². The topological polar surface area (TPSA) is 84.1 Å². The Morgan fingerprint density at radius 2 is 2.18 bits per heavy atom. The number of nitrogens with one attached hydrogen (secondary N) is 1. The molecule has 0 radical (unpaired) electrons. The second-order valence-electron chi connectivity index (χ2n) is 3.34. The summed E-state index contributed by atoms with van der Waals surface area (Å²) in [5, 5.41) is 3.19. The molecule has 0 fully saturated rings. The molecule has 17 heavy (non-hydrogen) atoms. The van der Waals surface area contributed by atoms with Crippen molar-refractivity contribution in [2.45, 2.75) is 13.8 Å². The van der Waals surface area contributed by atoms with E-state index in [4.69, 9.17) is 17.3 Å². The predicted octanol–water partition coefficient (Wildman–Crippen LogP) is 0.992. The zero-order valence-electron chi connectivity index (χ0n) is 9.90. The minimum Gasteiger partial charge on any atom is -0.368 e. The van der Waals surface area contributed by atoms with E-state index in [1.807, 2.05) is 13.8 Å². The average molecular weight is 258 g/mol. The summed E-state index contributed by atoms with van der Waals surface area (Å²) in [4.78, 5) is 21.1. The van der Waals surface area contributed by atoms with Gasteiger partial charge in [-0.2, -0.15) is 4.98 Å². The van der Waals surface area contributed by atoms with Crippen LogP contribution in [0.5, 0.6) is 0 Å². The van der Waals surface area contributed by atoms with Crippen LogP contribution in [0.3, 0.4) is 0 Å². The van der Waals surface area contributed by atoms with E-state index in [0.29, 0.717) is 23.9 Å². The van der Waals surface area contributed by atoms with E-state index < -0.39 is 0 Å². The molecule has 0 unspecified atom stereocenters. The van der Waals surface area contributed by atoms with Gasteiger partial charge in [0.1, 0.15) is 5.02 Å². The van der Waals surface area contributed by atoms with Gasteiger partial charge in [0.15, 0.2) is 5.82 Å². The van der Waals surface area contributed by atoms with Gasteiger partial charge in [0.2, 0.25) is 11.9 Å². The summed E-state index contributed by atoms with van der Waals surface area (Å²) in [6, 6.07) is 0. The number of halogens is 1. The zero-order chi connectivity index (χ0) is 12.8. The maximum atomic E-state index is 11.7. The molecule has 1 rings (SSSR count). The molecular weight excluding hydrogens is 242 g/mol. The fourth-order valence-electron chi connectivity index (χ4n) is 1.35. The summed E-state index contributed by atoms with van der Waals surface area (Å²) >= 11 is 5.86. The van der Waals surface area contributed by atoms with Crippen molar-refractivity contribution >= 4 is 29.3 Å². The van der Waals surface area contributed by atoms with Gasteiger partial charge in [-0.05, 0) is 13.8 Å². The van der Waals surface area contributed by atoms with E-state index >= 15 is 0 Å². The standard InChI is InChI=1S/C10H16ClN5O/c1-3-16(4-2)8(17)6-13-9-7(11)5-14-10(12)15-9/h5H,3-4,6H2,1-2H3,(H3,12,13,14,15). The van der Waals surface area contributed by atoms with Gasteiger partial charge in [0, 0.05) is 13.1 Å². The number of hydrogen-bond donors (Lipinski definition) is 2. The molecule has 7 heteroatoms. The SMILES string of the molecule is CCN(CC)C(=O)CNc1nc(N)ncc1Cl. The van der Waals surface area contributed by atoms with Crippen molar-refractivity contribution in [1.82, 2.24) is 14.9 Å². The van der Waals surface area contributed by atoms with Gasteiger partial charge in [-0.25, -0.2) is 4.98 Å². The Labute approximate surface area is 105 Å². The molecule has 0 aromatic carbocycles. The Kier molecular flexibility index (Phi) is 4.96. The van der Waals surface area contributed by atoms with Gasteiger partial charge < -0.3 is 16.0 Å². The number of carbonyl (C=O) groups excluding carboxylic acids is 1. The summed E-state index contributed by atoms with van der Waals surface area (Å²) < 4.78 is 0. The highest BCUT2D eigenvalue weighted by atomic mass is 35.5. The molecule has 0 saturated carbocycles. The number of amides is 1. The van der Waals surface area contributed by atoms with Crippen LogP contribution in [0.25, 0.3) is 0 Å². The molecule has 94 valence electrons. The molecule has 6 nitrogen and oxygen atoms in total. The van der Waals surface area contributed by atoms with Crippen molar-refractivity contribution in [1.29, 1.82) is 0 Å². The molecule has 0 spiro atoms. The molecule has 0 aliphatic rings. The lowest BCUT2D eigenvalue weighted by molar-refractivity contribution is -0.128. The smallest absolute Gasteiger partial charge is 0.241 e. The van der Waals surface area contributed by atoms with Gasteiger partial charge in [-0.15, -0.1) is 0 Å². The van der Waals surface area contributed by atoms with Gasteiger partial charge in [0.05, 0.1) is 12.7 Å². The first-order valence-electron chi connectivity index (χ1n) is 5.38. The third-order valence-corrected chi connectivity index (χ3v) is 2.56. The number of rotatable bonds is 5. The maximum Gasteiger partial charge on any atom is 0.241 e. The van der Waals surface area contributed by atoms with Crippen molar-refractivity contribution in [3.63, 3.8) is 0 Å². The molecular formula is C10H16ClN5O. The average Bonchev–Trinajstić information content (AvgIpc) is 2.32. The van der Waals surface area contributed by atoms with Crippen LogP contribution in [0.2, 0.25) is 5.02 Å². The van der Waals surface area contributed by atoms with Crippen LogP contribution >= 0.6 is 11.6 Å².